The van der Waals surface area contributed by atoms with Crippen molar-refractivity contribution in [1.29, 1.82) is 0 Å². The minimum absolute atomic E-state index is 0.576. The molecule has 0 N–H and O–H groups in total. The third-order valence-corrected chi connectivity index (χ3v) is 12.0. The first kappa shape index (κ1) is 31.2. The van der Waals surface area contributed by atoms with E-state index in [-0.39, 0.29) is 0 Å². The van der Waals surface area contributed by atoms with Crippen molar-refractivity contribution in [2.45, 2.75) is 18.3 Å². The molecular formula is C52H33N3O. The molecule has 8 aromatic carbocycles. The topological polar surface area (TPSA) is 47.9 Å². The van der Waals surface area contributed by atoms with Crippen LogP contribution in [0.4, 0.5) is 0 Å². The van der Waals surface area contributed by atoms with Crippen LogP contribution in [0.3, 0.4) is 0 Å². The quantitative estimate of drug-likeness (QED) is 0.171. The monoisotopic (exact) mass is 715 g/mol. The largest absolute Gasteiger partial charge is 0.456 e. The summed E-state index contributed by atoms with van der Waals surface area (Å²) in [6.07, 6.45) is 6.57. The van der Waals surface area contributed by atoms with Crippen molar-refractivity contribution in [2.75, 3.05) is 0 Å². The number of para-hydroxylation sites is 1. The van der Waals surface area contributed by atoms with Crippen molar-refractivity contribution in [3.8, 4) is 51.0 Å². The van der Waals surface area contributed by atoms with Gasteiger partial charge in [-0.05, 0) is 79.6 Å². The Labute approximate surface area is 324 Å². The molecule has 1 aliphatic heterocycles. The first-order valence-electron chi connectivity index (χ1n) is 19.4. The molecule has 0 saturated carbocycles. The predicted octanol–water partition coefficient (Wildman–Crippen LogP) is 12.6. The highest BCUT2D eigenvalue weighted by molar-refractivity contribution is 6.19. The summed E-state index contributed by atoms with van der Waals surface area (Å²) in [6.45, 7) is 0. The lowest BCUT2D eigenvalue weighted by Crippen LogP contribution is -2.36. The maximum atomic E-state index is 7.19. The maximum absolute atomic E-state index is 7.19. The van der Waals surface area contributed by atoms with Gasteiger partial charge in [0.15, 0.2) is 17.5 Å². The van der Waals surface area contributed by atoms with E-state index < -0.39 is 5.41 Å². The molecule has 1 atom stereocenters. The maximum Gasteiger partial charge on any atom is 0.167 e. The smallest absolute Gasteiger partial charge is 0.167 e. The van der Waals surface area contributed by atoms with Crippen LogP contribution in [0, 0.1) is 0 Å². The predicted molar refractivity (Wildman–Crippen MR) is 226 cm³/mol. The third-order valence-electron chi connectivity index (χ3n) is 12.0. The summed E-state index contributed by atoms with van der Waals surface area (Å²) in [5.74, 6) is 3.51. The van der Waals surface area contributed by atoms with Gasteiger partial charge in [-0.3, -0.25) is 0 Å². The molecule has 9 aromatic rings. The Hall–Kier alpha value is -7.17. The molecule has 4 nitrogen and oxygen atoms in total. The number of allylic oxidation sites excluding steroid dienone is 3. The highest BCUT2D eigenvalue weighted by Crippen LogP contribution is 2.65. The lowest BCUT2D eigenvalue weighted by atomic mass is 9.63. The van der Waals surface area contributed by atoms with Gasteiger partial charge in [0.2, 0.25) is 0 Å². The molecule has 4 heteroatoms. The third kappa shape index (κ3) is 4.27. The Bertz CT molecular complexity index is 3170. The van der Waals surface area contributed by atoms with Crippen molar-refractivity contribution in [1.82, 2.24) is 15.0 Å². The fraction of sp³-hybridized carbons (Fsp3) is 0.0577. The molecule has 262 valence electrons. The van der Waals surface area contributed by atoms with Crippen LogP contribution in [0.15, 0.2) is 187 Å². The van der Waals surface area contributed by atoms with Gasteiger partial charge in [0.05, 0.1) is 11.0 Å². The number of benzene rings is 8. The Kier molecular flexibility index (Phi) is 6.64. The summed E-state index contributed by atoms with van der Waals surface area (Å²) in [6, 6.07) is 58.3. The van der Waals surface area contributed by atoms with Gasteiger partial charge in [-0.15, -0.1) is 0 Å². The molecule has 0 bridgehead atoms. The second kappa shape index (κ2) is 11.9. The van der Waals surface area contributed by atoms with Gasteiger partial charge in [0.1, 0.15) is 11.5 Å². The van der Waals surface area contributed by atoms with Crippen LogP contribution in [0.1, 0.15) is 29.5 Å². The summed E-state index contributed by atoms with van der Waals surface area (Å²) < 4.78 is 7.19. The molecule has 0 fully saturated rings. The molecular weight excluding hydrogens is 683 g/mol. The van der Waals surface area contributed by atoms with E-state index in [9.17, 15) is 0 Å². The average molecular weight is 716 g/mol. The van der Waals surface area contributed by atoms with Crippen LogP contribution in [0.2, 0.25) is 0 Å². The molecule has 1 spiro atoms. The highest BCUT2D eigenvalue weighted by atomic mass is 16.5. The van der Waals surface area contributed by atoms with Crippen molar-refractivity contribution in [2.24, 2.45) is 0 Å². The summed E-state index contributed by atoms with van der Waals surface area (Å²) in [5, 5.41) is 7.27. The fourth-order valence-corrected chi connectivity index (χ4v) is 9.75. The Balaban J connectivity index is 1.20. The van der Waals surface area contributed by atoms with Gasteiger partial charge in [-0.25, -0.2) is 15.0 Å². The summed E-state index contributed by atoms with van der Waals surface area (Å²) >= 11 is 0. The van der Waals surface area contributed by atoms with E-state index in [1.54, 1.807) is 0 Å². The van der Waals surface area contributed by atoms with Crippen molar-refractivity contribution in [3.05, 3.63) is 204 Å². The Morgan fingerprint density at radius 2 is 1.00 bits per heavy atom. The number of aromatic nitrogens is 3. The van der Waals surface area contributed by atoms with E-state index in [2.05, 4.69) is 158 Å². The first-order valence-corrected chi connectivity index (χ1v) is 19.4. The second-order valence-electron chi connectivity index (χ2n) is 14.9. The number of rotatable bonds is 3. The van der Waals surface area contributed by atoms with Gasteiger partial charge in [0.25, 0.3) is 0 Å². The molecule has 3 aliphatic rings. The summed E-state index contributed by atoms with van der Waals surface area (Å²) in [7, 11) is 0. The number of nitrogens with zero attached hydrogens (tertiary/aromatic N) is 3. The Morgan fingerprint density at radius 3 is 1.86 bits per heavy atom. The molecule has 2 aliphatic carbocycles. The molecule has 56 heavy (non-hydrogen) atoms. The first-order chi connectivity index (χ1) is 27.8. The second-order valence-corrected chi connectivity index (χ2v) is 14.9. The molecule has 12 rings (SSSR count). The lowest BCUT2D eigenvalue weighted by molar-refractivity contribution is 0.385. The van der Waals surface area contributed by atoms with Crippen LogP contribution in [-0.2, 0) is 5.41 Å². The minimum atomic E-state index is -0.640. The van der Waals surface area contributed by atoms with Gasteiger partial charge >= 0.3 is 0 Å². The van der Waals surface area contributed by atoms with Gasteiger partial charge in [0, 0.05) is 22.3 Å². The normalized spacial score (nSPS) is 16.5. The van der Waals surface area contributed by atoms with E-state index >= 15 is 0 Å². The zero-order valence-corrected chi connectivity index (χ0v) is 30.4. The number of hydrogen-bond acceptors (Lipinski definition) is 4. The summed E-state index contributed by atoms with van der Waals surface area (Å²) in [5.41, 5.74) is 9.53. The molecule has 0 radical (unpaired) electrons. The van der Waals surface area contributed by atoms with Crippen molar-refractivity contribution in [3.63, 3.8) is 0 Å². The van der Waals surface area contributed by atoms with E-state index in [1.807, 2.05) is 18.2 Å². The number of hydrogen-bond donors (Lipinski definition) is 0. The van der Waals surface area contributed by atoms with E-state index in [1.165, 1.54) is 49.4 Å². The van der Waals surface area contributed by atoms with Crippen molar-refractivity contribution < 1.29 is 4.74 Å². The van der Waals surface area contributed by atoms with Crippen LogP contribution < -0.4 is 4.74 Å². The zero-order valence-electron chi connectivity index (χ0n) is 30.4. The molecule has 0 amide bonds. The lowest BCUT2D eigenvalue weighted by Gasteiger charge is -2.43. The van der Waals surface area contributed by atoms with Gasteiger partial charge in [-0.1, -0.05) is 164 Å². The van der Waals surface area contributed by atoms with Crippen LogP contribution >= 0.6 is 0 Å². The van der Waals surface area contributed by atoms with Gasteiger partial charge < -0.3 is 4.74 Å². The standard InChI is InChI=1S/C52H33N3O/c1-2-17-33(18-3-1)49-53-50(39-26-14-19-32-16-4-5-20-34(32)39)55-51(54-49)41-27-15-30-44-48(41)56-45-31-13-12-29-43(45)52(44)42-28-11-10-25-40(42)46-37-23-8-6-21-35(37)36-22-7-9-24-38(36)47(46)52/h1-11,14-31H,12-13H2. The minimum Gasteiger partial charge on any atom is -0.456 e. The molecule has 1 unspecified atom stereocenters. The average Bonchev–Trinajstić information content (AvgIpc) is 3.58. The van der Waals surface area contributed by atoms with E-state index in [0.717, 1.165) is 57.4 Å². The molecule has 2 heterocycles. The molecule has 0 saturated heterocycles. The van der Waals surface area contributed by atoms with Crippen LogP contribution in [-0.4, -0.2) is 15.0 Å². The van der Waals surface area contributed by atoms with E-state index in [4.69, 9.17) is 19.7 Å². The SMILES string of the molecule is C1=C2Oc3c(-c4nc(-c5ccccc5)nc(-c5cccc6ccccc56)n4)cccc3C3(C2=CCC1)c1ccccc1-c1c3c2ccccc2c2ccccc12. The summed E-state index contributed by atoms with van der Waals surface area (Å²) in [4.78, 5) is 15.7. The number of ether oxygens (including phenoxy) is 1. The Morgan fingerprint density at radius 1 is 0.429 bits per heavy atom. The highest BCUT2D eigenvalue weighted by Gasteiger charge is 2.54. The molecule has 1 aromatic heterocycles. The zero-order chi connectivity index (χ0) is 36.8. The number of fused-ring (bicyclic) bond motifs is 15. The van der Waals surface area contributed by atoms with E-state index in [0.29, 0.717) is 17.5 Å². The van der Waals surface area contributed by atoms with Gasteiger partial charge in [-0.2, -0.15) is 0 Å². The fourth-order valence-electron chi connectivity index (χ4n) is 9.75. The van der Waals surface area contributed by atoms with Crippen LogP contribution in [0.5, 0.6) is 5.75 Å². The van der Waals surface area contributed by atoms with Crippen LogP contribution in [0.25, 0.3) is 77.6 Å². The van der Waals surface area contributed by atoms with Crippen molar-refractivity contribution >= 4 is 32.3 Å².